The summed E-state index contributed by atoms with van der Waals surface area (Å²) in [6, 6.07) is 14.1. The highest BCUT2D eigenvalue weighted by molar-refractivity contribution is 5.96. The lowest BCUT2D eigenvalue weighted by Crippen LogP contribution is -2.22. The van der Waals surface area contributed by atoms with Gasteiger partial charge in [-0.15, -0.1) is 0 Å². The van der Waals surface area contributed by atoms with E-state index in [9.17, 15) is 4.79 Å². The average molecular weight is 328 g/mol. The van der Waals surface area contributed by atoms with E-state index in [4.69, 9.17) is 9.47 Å². The molecule has 0 aliphatic rings. The van der Waals surface area contributed by atoms with Gasteiger partial charge in [0.05, 0.1) is 19.9 Å². The summed E-state index contributed by atoms with van der Waals surface area (Å²) in [6.45, 7) is 2.29. The maximum Gasteiger partial charge on any atom is 0.221 e. The van der Waals surface area contributed by atoms with E-state index in [1.54, 1.807) is 14.2 Å². The van der Waals surface area contributed by atoms with Crippen molar-refractivity contribution in [3.8, 4) is 11.5 Å². The van der Waals surface area contributed by atoms with E-state index in [2.05, 4.69) is 22.3 Å². The standard InChI is InChI=1S/C19H24N2O3/c1-14(22)20-18-16(10-11-17(23-3)19(18)24-4)21(2)13-12-15-8-6-5-7-9-15/h5-11H,12-13H2,1-4H3,(H,20,22). The van der Waals surface area contributed by atoms with Gasteiger partial charge in [0.1, 0.15) is 5.69 Å². The Morgan fingerprint density at radius 2 is 1.79 bits per heavy atom. The highest BCUT2D eigenvalue weighted by Gasteiger charge is 2.18. The number of ether oxygens (including phenoxy) is 2. The van der Waals surface area contributed by atoms with E-state index in [0.29, 0.717) is 17.2 Å². The molecule has 0 radical (unpaired) electrons. The molecule has 2 rings (SSSR count). The Balaban J connectivity index is 2.28. The summed E-state index contributed by atoms with van der Waals surface area (Å²) in [5, 5.41) is 2.86. The maximum atomic E-state index is 11.6. The number of carbonyl (C=O) groups excluding carboxylic acids is 1. The number of nitrogens with zero attached hydrogens (tertiary/aromatic N) is 1. The molecule has 5 heteroatoms. The van der Waals surface area contributed by atoms with Crippen LogP contribution < -0.4 is 19.7 Å². The van der Waals surface area contributed by atoms with E-state index in [-0.39, 0.29) is 5.91 Å². The predicted octanol–water partition coefficient (Wildman–Crippen LogP) is 3.34. The molecule has 0 saturated carbocycles. The third-order valence-electron chi connectivity index (χ3n) is 3.81. The van der Waals surface area contributed by atoms with Crippen LogP contribution in [0.2, 0.25) is 0 Å². The first-order valence-electron chi connectivity index (χ1n) is 7.84. The Bertz CT molecular complexity index is 687. The maximum absolute atomic E-state index is 11.6. The second-order valence-corrected chi connectivity index (χ2v) is 5.53. The van der Waals surface area contributed by atoms with Gasteiger partial charge in [-0.1, -0.05) is 30.3 Å². The molecule has 1 N–H and O–H groups in total. The minimum Gasteiger partial charge on any atom is -0.493 e. The molecule has 0 bridgehead atoms. The van der Waals surface area contributed by atoms with E-state index in [0.717, 1.165) is 18.7 Å². The summed E-state index contributed by atoms with van der Waals surface area (Å²) in [7, 11) is 5.14. The number of anilines is 2. The van der Waals surface area contributed by atoms with Gasteiger partial charge in [-0.3, -0.25) is 4.79 Å². The van der Waals surface area contributed by atoms with Crippen LogP contribution in [-0.4, -0.2) is 33.7 Å². The fourth-order valence-electron chi connectivity index (χ4n) is 2.59. The van der Waals surface area contributed by atoms with Gasteiger partial charge >= 0.3 is 0 Å². The molecule has 0 fully saturated rings. The molecule has 0 spiro atoms. The number of amides is 1. The molecule has 0 atom stereocenters. The van der Waals surface area contributed by atoms with Gasteiger partial charge in [0, 0.05) is 20.5 Å². The number of benzene rings is 2. The molecular weight excluding hydrogens is 304 g/mol. The first-order chi connectivity index (χ1) is 11.6. The smallest absolute Gasteiger partial charge is 0.221 e. The molecule has 24 heavy (non-hydrogen) atoms. The topological polar surface area (TPSA) is 50.8 Å². The molecule has 1 amide bonds. The van der Waals surface area contributed by atoms with Gasteiger partial charge < -0.3 is 19.7 Å². The fraction of sp³-hybridized carbons (Fsp3) is 0.316. The number of rotatable bonds is 7. The van der Waals surface area contributed by atoms with Crippen LogP contribution in [0, 0.1) is 0 Å². The Morgan fingerprint density at radius 3 is 2.38 bits per heavy atom. The SMILES string of the molecule is COc1ccc(N(C)CCc2ccccc2)c(NC(C)=O)c1OC. The van der Waals surface area contributed by atoms with Crippen LogP contribution in [0.1, 0.15) is 12.5 Å². The van der Waals surface area contributed by atoms with Crippen LogP contribution in [0.5, 0.6) is 11.5 Å². The van der Waals surface area contributed by atoms with E-state index < -0.39 is 0 Å². The lowest BCUT2D eigenvalue weighted by molar-refractivity contribution is -0.114. The second kappa shape index (κ2) is 8.24. The predicted molar refractivity (Wildman–Crippen MR) is 97.3 cm³/mol. The third-order valence-corrected chi connectivity index (χ3v) is 3.81. The fourth-order valence-corrected chi connectivity index (χ4v) is 2.59. The lowest BCUT2D eigenvalue weighted by atomic mass is 10.1. The summed E-state index contributed by atoms with van der Waals surface area (Å²) in [4.78, 5) is 13.7. The molecule has 0 aliphatic heterocycles. The zero-order chi connectivity index (χ0) is 17.5. The van der Waals surface area contributed by atoms with Gasteiger partial charge in [0.25, 0.3) is 0 Å². The lowest BCUT2D eigenvalue weighted by Gasteiger charge is -2.25. The Labute approximate surface area is 143 Å². The van der Waals surface area contributed by atoms with E-state index in [1.807, 2.05) is 37.4 Å². The number of carbonyl (C=O) groups is 1. The molecule has 5 nitrogen and oxygen atoms in total. The molecule has 2 aromatic carbocycles. The third kappa shape index (κ3) is 4.19. The number of hydrogen-bond donors (Lipinski definition) is 1. The van der Waals surface area contributed by atoms with Gasteiger partial charge in [-0.25, -0.2) is 0 Å². The zero-order valence-corrected chi connectivity index (χ0v) is 14.6. The Morgan fingerprint density at radius 1 is 1.08 bits per heavy atom. The van der Waals surface area contributed by atoms with Crippen molar-refractivity contribution in [2.45, 2.75) is 13.3 Å². The quantitative estimate of drug-likeness (QED) is 0.847. The molecule has 0 unspecified atom stereocenters. The highest BCUT2D eigenvalue weighted by atomic mass is 16.5. The van der Waals surface area contributed by atoms with Crippen molar-refractivity contribution >= 4 is 17.3 Å². The second-order valence-electron chi connectivity index (χ2n) is 5.53. The van der Waals surface area contributed by atoms with Crippen LogP contribution >= 0.6 is 0 Å². The van der Waals surface area contributed by atoms with Crippen molar-refractivity contribution in [3.63, 3.8) is 0 Å². The largest absolute Gasteiger partial charge is 0.493 e. The highest BCUT2D eigenvalue weighted by Crippen LogP contribution is 2.42. The molecule has 0 heterocycles. The van der Waals surface area contributed by atoms with Gasteiger partial charge in [-0.2, -0.15) is 0 Å². The van der Waals surface area contributed by atoms with Crippen molar-refractivity contribution in [2.24, 2.45) is 0 Å². The van der Waals surface area contributed by atoms with Gasteiger partial charge in [0.2, 0.25) is 5.91 Å². The normalized spacial score (nSPS) is 10.2. The molecule has 2 aromatic rings. The number of hydrogen-bond acceptors (Lipinski definition) is 4. The summed E-state index contributed by atoms with van der Waals surface area (Å²) in [6.07, 6.45) is 0.908. The molecule has 0 aliphatic carbocycles. The molecule has 0 aromatic heterocycles. The first-order valence-corrected chi connectivity index (χ1v) is 7.84. The van der Waals surface area contributed by atoms with Crippen molar-refractivity contribution in [2.75, 3.05) is 38.0 Å². The van der Waals surface area contributed by atoms with Crippen LogP contribution in [0.3, 0.4) is 0 Å². The first kappa shape index (κ1) is 17.7. The Kier molecular flexibility index (Phi) is 6.07. The zero-order valence-electron chi connectivity index (χ0n) is 14.6. The summed E-state index contributed by atoms with van der Waals surface area (Å²) in [5.74, 6) is 0.956. The molecule has 0 saturated heterocycles. The summed E-state index contributed by atoms with van der Waals surface area (Å²) >= 11 is 0. The minimum atomic E-state index is -0.153. The summed E-state index contributed by atoms with van der Waals surface area (Å²) < 4.78 is 10.8. The minimum absolute atomic E-state index is 0.153. The molecular formula is C19H24N2O3. The monoisotopic (exact) mass is 328 g/mol. The van der Waals surface area contributed by atoms with Crippen molar-refractivity contribution in [3.05, 3.63) is 48.0 Å². The molecule has 128 valence electrons. The van der Waals surface area contributed by atoms with Gasteiger partial charge in [0.15, 0.2) is 11.5 Å². The number of likely N-dealkylation sites (N-methyl/N-ethyl adjacent to an activating group) is 1. The van der Waals surface area contributed by atoms with Gasteiger partial charge in [-0.05, 0) is 24.1 Å². The van der Waals surface area contributed by atoms with E-state index in [1.165, 1.54) is 12.5 Å². The number of nitrogens with one attached hydrogen (secondary N) is 1. The average Bonchev–Trinajstić information content (AvgIpc) is 2.59. The van der Waals surface area contributed by atoms with Crippen LogP contribution in [0.4, 0.5) is 11.4 Å². The van der Waals surface area contributed by atoms with E-state index >= 15 is 0 Å². The van der Waals surface area contributed by atoms with Crippen LogP contribution in [0.25, 0.3) is 0 Å². The van der Waals surface area contributed by atoms with Crippen molar-refractivity contribution in [1.29, 1.82) is 0 Å². The van der Waals surface area contributed by atoms with Crippen molar-refractivity contribution in [1.82, 2.24) is 0 Å². The van der Waals surface area contributed by atoms with Crippen LogP contribution in [0.15, 0.2) is 42.5 Å². The van der Waals surface area contributed by atoms with Crippen LogP contribution in [-0.2, 0) is 11.2 Å². The Hall–Kier alpha value is -2.69. The number of methoxy groups -OCH3 is 2. The van der Waals surface area contributed by atoms with Crippen molar-refractivity contribution < 1.29 is 14.3 Å². The summed E-state index contributed by atoms with van der Waals surface area (Å²) in [5.41, 5.74) is 2.78.